The number of pyridine rings is 1. The fraction of sp³-hybridized carbons (Fsp3) is 0.136. The average molecular weight is 403 g/mol. The van der Waals surface area contributed by atoms with Crippen LogP contribution >= 0.6 is 11.8 Å². The number of rotatable bonds is 4. The van der Waals surface area contributed by atoms with Gasteiger partial charge in [-0.05, 0) is 42.3 Å². The van der Waals surface area contributed by atoms with Gasteiger partial charge in [0.25, 0.3) is 0 Å². The minimum absolute atomic E-state index is 0.381. The van der Waals surface area contributed by atoms with Crippen molar-refractivity contribution in [2.75, 3.05) is 7.11 Å². The molecule has 2 aromatic carbocycles. The van der Waals surface area contributed by atoms with Crippen LogP contribution in [0.2, 0.25) is 0 Å². The van der Waals surface area contributed by atoms with E-state index in [1.807, 2.05) is 30.3 Å². The maximum absolute atomic E-state index is 12.0. The summed E-state index contributed by atoms with van der Waals surface area (Å²) in [5, 5.41) is 11.6. The Bertz CT molecular complexity index is 1440. The van der Waals surface area contributed by atoms with Gasteiger partial charge < -0.3 is 9.15 Å². The fourth-order valence-electron chi connectivity index (χ4n) is 3.57. The van der Waals surface area contributed by atoms with Crippen molar-refractivity contribution in [3.63, 3.8) is 0 Å². The number of aryl methyl sites for hydroxylation is 1. The Morgan fingerprint density at radius 1 is 1.07 bits per heavy atom. The van der Waals surface area contributed by atoms with E-state index >= 15 is 0 Å². The summed E-state index contributed by atoms with van der Waals surface area (Å²) in [4.78, 5) is 12.0. The van der Waals surface area contributed by atoms with Gasteiger partial charge in [-0.2, -0.15) is 0 Å². The van der Waals surface area contributed by atoms with Gasteiger partial charge in [-0.1, -0.05) is 30.0 Å². The van der Waals surface area contributed by atoms with Crippen LogP contribution in [0.3, 0.4) is 0 Å². The van der Waals surface area contributed by atoms with Crippen molar-refractivity contribution in [3.8, 4) is 5.75 Å². The van der Waals surface area contributed by atoms with E-state index in [-0.39, 0.29) is 5.63 Å². The molecule has 0 saturated heterocycles. The van der Waals surface area contributed by atoms with Crippen LogP contribution in [0, 0.1) is 6.92 Å². The quantitative estimate of drug-likeness (QED) is 0.323. The van der Waals surface area contributed by atoms with Crippen LogP contribution in [0.5, 0.6) is 5.75 Å². The van der Waals surface area contributed by atoms with Crippen LogP contribution in [0.15, 0.2) is 69.0 Å². The number of fused-ring (bicyclic) bond motifs is 4. The molecule has 0 amide bonds. The highest BCUT2D eigenvalue weighted by molar-refractivity contribution is 7.98. The predicted molar refractivity (Wildman–Crippen MR) is 114 cm³/mol. The SMILES string of the molecule is COc1ccc2c(CSc3nnc4cc(C)c5ccccc5n34)cc(=O)oc2c1. The van der Waals surface area contributed by atoms with Gasteiger partial charge in [-0.25, -0.2) is 4.79 Å². The summed E-state index contributed by atoms with van der Waals surface area (Å²) in [5.41, 5.74) is 4.06. The van der Waals surface area contributed by atoms with Crippen LogP contribution in [0.25, 0.3) is 27.5 Å². The molecule has 0 fully saturated rings. The third-order valence-electron chi connectivity index (χ3n) is 4.97. The Balaban J connectivity index is 1.58. The molecule has 0 spiro atoms. The topological polar surface area (TPSA) is 69.6 Å². The van der Waals surface area contributed by atoms with Crippen LogP contribution in [-0.2, 0) is 5.75 Å². The molecule has 144 valence electrons. The van der Waals surface area contributed by atoms with E-state index in [2.05, 4.69) is 33.7 Å². The van der Waals surface area contributed by atoms with Gasteiger partial charge in [0.1, 0.15) is 11.3 Å². The summed E-state index contributed by atoms with van der Waals surface area (Å²) in [5.74, 6) is 1.22. The lowest BCUT2D eigenvalue weighted by Crippen LogP contribution is -2.00. The molecule has 0 N–H and O–H groups in total. The molecule has 3 aromatic heterocycles. The number of hydrogen-bond donors (Lipinski definition) is 0. The summed E-state index contributed by atoms with van der Waals surface area (Å²) in [6.07, 6.45) is 0. The zero-order valence-corrected chi connectivity index (χ0v) is 16.7. The number of methoxy groups -OCH3 is 1. The third-order valence-corrected chi connectivity index (χ3v) is 5.95. The highest BCUT2D eigenvalue weighted by Crippen LogP contribution is 2.30. The van der Waals surface area contributed by atoms with E-state index in [9.17, 15) is 4.79 Å². The average Bonchev–Trinajstić information content (AvgIpc) is 3.14. The van der Waals surface area contributed by atoms with Gasteiger partial charge in [-0.3, -0.25) is 4.40 Å². The molecule has 5 rings (SSSR count). The van der Waals surface area contributed by atoms with Gasteiger partial charge in [-0.15, -0.1) is 10.2 Å². The van der Waals surface area contributed by atoms with E-state index < -0.39 is 0 Å². The Labute approximate surface area is 170 Å². The normalized spacial score (nSPS) is 11.5. The minimum Gasteiger partial charge on any atom is -0.497 e. The number of hydrogen-bond acceptors (Lipinski definition) is 6. The lowest BCUT2D eigenvalue weighted by molar-refractivity contribution is 0.414. The highest BCUT2D eigenvalue weighted by Gasteiger charge is 2.13. The second kappa shape index (κ2) is 6.93. The molecule has 0 aliphatic heterocycles. The summed E-state index contributed by atoms with van der Waals surface area (Å²) >= 11 is 1.54. The predicted octanol–water partition coefficient (Wildman–Crippen LogP) is 4.60. The monoisotopic (exact) mass is 403 g/mol. The molecular weight excluding hydrogens is 386 g/mol. The second-order valence-electron chi connectivity index (χ2n) is 6.76. The van der Waals surface area contributed by atoms with Gasteiger partial charge in [0.05, 0.1) is 12.6 Å². The first kappa shape index (κ1) is 17.8. The maximum Gasteiger partial charge on any atom is 0.336 e. The summed E-state index contributed by atoms with van der Waals surface area (Å²) in [7, 11) is 1.58. The standard InChI is InChI=1S/C22H17N3O3S/c1-13-9-20-23-24-22(25(20)18-6-4-3-5-16(13)18)29-12-14-10-21(26)28-19-11-15(27-2)7-8-17(14)19/h3-11H,12H2,1-2H3. The minimum atomic E-state index is -0.381. The van der Waals surface area contributed by atoms with E-state index in [4.69, 9.17) is 9.15 Å². The number of aromatic nitrogens is 3. The first-order chi connectivity index (χ1) is 14.1. The van der Waals surface area contributed by atoms with Gasteiger partial charge in [0.15, 0.2) is 10.8 Å². The Morgan fingerprint density at radius 2 is 1.93 bits per heavy atom. The number of para-hydroxylation sites is 1. The summed E-state index contributed by atoms with van der Waals surface area (Å²) < 4.78 is 12.6. The first-order valence-electron chi connectivity index (χ1n) is 9.11. The lowest BCUT2D eigenvalue weighted by atomic mass is 10.1. The molecule has 0 saturated carbocycles. The fourth-order valence-corrected chi connectivity index (χ4v) is 4.51. The molecule has 5 aromatic rings. The number of thioether (sulfide) groups is 1. The smallest absolute Gasteiger partial charge is 0.336 e. The summed E-state index contributed by atoms with van der Waals surface area (Å²) in [6.45, 7) is 2.08. The molecular formula is C22H17N3O3S. The molecule has 29 heavy (non-hydrogen) atoms. The van der Waals surface area contributed by atoms with E-state index in [0.29, 0.717) is 17.1 Å². The lowest BCUT2D eigenvalue weighted by Gasteiger charge is -2.08. The molecule has 6 nitrogen and oxygen atoms in total. The van der Waals surface area contributed by atoms with Crippen molar-refractivity contribution < 1.29 is 9.15 Å². The molecule has 0 aliphatic rings. The Hall–Kier alpha value is -3.32. The number of ether oxygens (including phenoxy) is 1. The van der Waals surface area contributed by atoms with Crippen molar-refractivity contribution in [1.29, 1.82) is 0 Å². The van der Waals surface area contributed by atoms with Crippen molar-refractivity contribution in [2.45, 2.75) is 17.8 Å². The van der Waals surface area contributed by atoms with Crippen LogP contribution in [-0.4, -0.2) is 21.7 Å². The van der Waals surface area contributed by atoms with Crippen molar-refractivity contribution >= 4 is 39.3 Å². The zero-order valence-electron chi connectivity index (χ0n) is 15.9. The largest absolute Gasteiger partial charge is 0.497 e. The second-order valence-corrected chi connectivity index (χ2v) is 7.70. The third kappa shape index (κ3) is 3.03. The van der Waals surface area contributed by atoms with E-state index in [0.717, 1.165) is 32.8 Å². The highest BCUT2D eigenvalue weighted by atomic mass is 32.2. The molecule has 0 atom stereocenters. The van der Waals surface area contributed by atoms with Crippen molar-refractivity contribution in [2.24, 2.45) is 0 Å². The number of benzene rings is 2. The molecule has 3 heterocycles. The van der Waals surface area contributed by atoms with Gasteiger partial charge in [0.2, 0.25) is 0 Å². The molecule has 0 radical (unpaired) electrons. The van der Waals surface area contributed by atoms with Crippen LogP contribution in [0.4, 0.5) is 0 Å². The van der Waals surface area contributed by atoms with E-state index in [1.54, 1.807) is 24.9 Å². The molecule has 7 heteroatoms. The van der Waals surface area contributed by atoms with Crippen molar-refractivity contribution in [1.82, 2.24) is 14.6 Å². The van der Waals surface area contributed by atoms with Gasteiger partial charge >= 0.3 is 5.63 Å². The first-order valence-corrected chi connectivity index (χ1v) is 10.1. The number of nitrogens with zero attached hydrogens (tertiary/aromatic N) is 3. The van der Waals surface area contributed by atoms with Crippen LogP contribution in [0.1, 0.15) is 11.1 Å². The maximum atomic E-state index is 12.0. The van der Waals surface area contributed by atoms with E-state index in [1.165, 1.54) is 11.5 Å². The van der Waals surface area contributed by atoms with Gasteiger partial charge in [0, 0.05) is 28.7 Å². The molecule has 0 unspecified atom stereocenters. The molecule has 0 bridgehead atoms. The van der Waals surface area contributed by atoms with Crippen molar-refractivity contribution in [3.05, 3.63) is 76.1 Å². The summed E-state index contributed by atoms with van der Waals surface area (Å²) in [6, 6.07) is 17.3. The van der Waals surface area contributed by atoms with Crippen LogP contribution < -0.4 is 10.4 Å². The Morgan fingerprint density at radius 3 is 2.79 bits per heavy atom. The Kier molecular flexibility index (Phi) is 4.24. The molecule has 0 aliphatic carbocycles. The zero-order chi connectivity index (χ0) is 20.0.